The van der Waals surface area contributed by atoms with E-state index in [0.29, 0.717) is 12.5 Å². The lowest BCUT2D eigenvalue weighted by Crippen LogP contribution is -2.13. The second-order valence-electron chi connectivity index (χ2n) is 4.90. The Bertz CT molecular complexity index is 608. The third kappa shape index (κ3) is 3.24. The number of rotatable bonds is 6. The van der Waals surface area contributed by atoms with Crippen molar-refractivity contribution in [1.82, 2.24) is 19.7 Å². The van der Waals surface area contributed by atoms with Crippen molar-refractivity contribution >= 4 is 11.8 Å². The molecule has 0 spiro atoms. The second-order valence-corrected chi connectivity index (χ2v) is 4.90. The highest BCUT2D eigenvalue weighted by molar-refractivity contribution is 5.42. The molecule has 0 bridgehead atoms. The van der Waals surface area contributed by atoms with Gasteiger partial charge in [-0.3, -0.25) is 0 Å². The van der Waals surface area contributed by atoms with E-state index in [4.69, 9.17) is 4.74 Å². The van der Waals surface area contributed by atoms with Crippen LogP contribution in [0.4, 0.5) is 11.8 Å². The second kappa shape index (κ2) is 6.43. The maximum atomic E-state index is 5.42. The van der Waals surface area contributed by atoms with E-state index in [9.17, 15) is 0 Å². The molecule has 0 atom stereocenters. The molecule has 21 heavy (non-hydrogen) atoms. The van der Waals surface area contributed by atoms with Crippen LogP contribution < -0.4 is 15.0 Å². The SMILES string of the molecule is CCc1nn(C)c(OC)c1CNc1nccc(N(C)C)n1. The predicted octanol–water partition coefficient (Wildman–Crippen LogP) is 1.46. The quantitative estimate of drug-likeness (QED) is 0.868. The van der Waals surface area contributed by atoms with E-state index in [1.165, 1.54) is 0 Å². The van der Waals surface area contributed by atoms with Crippen LogP contribution >= 0.6 is 0 Å². The lowest BCUT2D eigenvalue weighted by Gasteiger charge is -2.12. The smallest absolute Gasteiger partial charge is 0.224 e. The van der Waals surface area contributed by atoms with Gasteiger partial charge in [0.25, 0.3) is 0 Å². The number of anilines is 2. The lowest BCUT2D eigenvalue weighted by molar-refractivity contribution is 0.369. The third-order valence-corrected chi connectivity index (χ3v) is 3.22. The van der Waals surface area contributed by atoms with Gasteiger partial charge in [-0.25, -0.2) is 9.67 Å². The Balaban J connectivity index is 2.18. The van der Waals surface area contributed by atoms with Crippen molar-refractivity contribution in [3.05, 3.63) is 23.5 Å². The minimum Gasteiger partial charge on any atom is -0.481 e. The molecule has 0 aliphatic heterocycles. The number of ether oxygens (including phenoxy) is 1. The van der Waals surface area contributed by atoms with Crippen LogP contribution in [0.5, 0.6) is 5.88 Å². The third-order valence-electron chi connectivity index (χ3n) is 3.22. The highest BCUT2D eigenvalue weighted by Crippen LogP contribution is 2.23. The van der Waals surface area contributed by atoms with Gasteiger partial charge in [-0.2, -0.15) is 10.1 Å². The fraction of sp³-hybridized carbons (Fsp3) is 0.500. The molecule has 114 valence electrons. The van der Waals surface area contributed by atoms with E-state index in [1.54, 1.807) is 18.0 Å². The highest BCUT2D eigenvalue weighted by atomic mass is 16.5. The zero-order valence-corrected chi connectivity index (χ0v) is 13.2. The topological polar surface area (TPSA) is 68.1 Å². The molecule has 0 fully saturated rings. The lowest BCUT2D eigenvalue weighted by atomic mass is 10.2. The summed E-state index contributed by atoms with van der Waals surface area (Å²) in [5.41, 5.74) is 2.06. The van der Waals surface area contributed by atoms with E-state index < -0.39 is 0 Å². The molecule has 0 saturated heterocycles. The summed E-state index contributed by atoms with van der Waals surface area (Å²) in [7, 11) is 7.44. The zero-order valence-electron chi connectivity index (χ0n) is 13.2. The Hall–Kier alpha value is -2.31. The van der Waals surface area contributed by atoms with Gasteiger partial charge in [0, 0.05) is 27.3 Å². The van der Waals surface area contributed by atoms with Crippen LogP contribution in [-0.2, 0) is 20.0 Å². The molecule has 2 rings (SSSR count). The van der Waals surface area contributed by atoms with Crippen LogP contribution in [-0.4, -0.2) is 41.0 Å². The van der Waals surface area contributed by atoms with E-state index in [0.717, 1.165) is 29.4 Å². The first-order chi connectivity index (χ1) is 10.1. The Morgan fingerprint density at radius 2 is 2.14 bits per heavy atom. The van der Waals surface area contributed by atoms with Crippen LogP contribution in [0.3, 0.4) is 0 Å². The molecular weight excluding hydrogens is 268 g/mol. The maximum absolute atomic E-state index is 5.42. The van der Waals surface area contributed by atoms with Gasteiger partial charge in [0.1, 0.15) is 5.82 Å². The summed E-state index contributed by atoms with van der Waals surface area (Å²) in [5, 5.41) is 7.70. The molecule has 0 unspecified atom stereocenters. The van der Waals surface area contributed by atoms with Gasteiger partial charge in [-0.1, -0.05) is 6.92 Å². The van der Waals surface area contributed by atoms with Gasteiger partial charge < -0.3 is 15.0 Å². The van der Waals surface area contributed by atoms with Crippen molar-refractivity contribution in [1.29, 1.82) is 0 Å². The van der Waals surface area contributed by atoms with Crippen molar-refractivity contribution < 1.29 is 4.74 Å². The van der Waals surface area contributed by atoms with Crippen LogP contribution in [0.1, 0.15) is 18.2 Å². The van der Waals surface area contributed by atoms with E-state index >= 15 is 0 Å². The van der Waals surface area contributed by atoms with Crippen LogP contribution in [0.15, 0.2) is 12.3 Å². The van der Waals surface area contributed by atoms with Gasteiger partial charge in [-0.05, 0) is 12.5 Å². The number of aromatic nitrogens is 4. The fourth-order valence-electron chi connectivity index (χ4n) is 2.17. The maximum Gasteiger partial charge on any atom is 0.224 e. The number of nitrogens with one attached hydrogen (secondary N) is 1. The Morgan fingerprint density at radius 3 is 2.76 bits per heavy atom. The highest BCUT2D eigenvalue weighted by Gasteiger charge is 2.15. The Morgan fingerprint density at radius 1 is 1.38 bits per heavy atom. The molecule has 2 aromatic rings. The molecule has 0 aromatic carbocycles. The van der Waals surface area contributed by atoms with Gasteiger partial charge in [-0.15, -0.1) is 0 Å². The summed E-state index contributed by atoms with van der Waals surface area (Å²) in [6.45, 7) is 2.66. The van der Waals surface area contributed by atoms with Crippen molar-refractivity contribution in [3.8, 4) is 5.88 Å². The molecule has 2 heterocycles. The molecule has 1 N–H and O–H groups in total. The first-order valence-electron chi connectivity index (χ1n) is 6.89. The summed E-state index contributed by atoms with van der Waals surface area (Å²) >= 11 is 0. The van der Waals surface area contributed by atoms with Crippen molar-refractivity contribution in [2.75, 3.05) is 31.4 Å². The molecule has 0 aliphatic carbocycles. The van der Waals surface area contributed by atoms with Crippen LogP contribution in [0.25, 0.3) is 0 Å². The first-order valence-corrected chi connectivity index (χ1v) is 6.89. The summed E-state index contributed by atoms with van der Waals surface area (Å²) in [5.74, 6) is 2.22. The first kappa shape index (κ1) is 15.1. The van der Waals surface area contributed by atoms with Crippen molar-refractivity contribution in [3.63, 3.8) is 0 Å². The average Bonchev–Trinajstić information content (AvgIpc) is 2.80. The number of methoxy groups -OCH3 is 1. The molecule has 7 nitrogen and oxygen atoms in total. The number of nitrogens with zero attached hydrogens (tertiary/aromatic N) is 5. The summed E-state index contributed by atoms with van der Waals surface area (Å²) in [4.78, 5) is 10.6. The van der Waals surface area contributed by atoms with Crippen LogP contribution in [0.2, 0.25) is 0 Å². The normalized spacial score (nSPS) is 10.5. The minimum absolute atomic E-state index is 0.580. The van der Waals surface area contributed by atoms with E-state index in [-0.39, 0.29) is 0 Å². The summed E-state index contributed by atoms with van der Waals surface area (Å²) in [6.07, 6.45) is 2.60. The molecule has 0 aliphatic rings. The predicted molar refractivity (Wildman–Crippen MR) is 82.8 cm³/mol. The van der Waals surface area contributed by atoms with Crippen molar-refractivity contribution in [2.45, 2.75) is 19.9 Å². The van der Waals surface area contributed by atoms with Gasteiger partial charge in [0.15, 0.2) is 0 Å². The van der Waals surface area contributed by atoms with E-state index in [2.05, 4.69) is 27.3 Å². The molecular formula is C14H22N6O. The van der Waals surface area contributed by atoms with E-state index in [1.807, 2.05) is 32.1 Å². The Kier molecular flexibility index (Phi) is 4.62. The average molecular weight is 290 g/mol. The Labute approximate surface area is 125 Å². The zero-order chi connectivity index (χ0) is 15.4. The largest absolute Gasteiger partial charge is 0.481 e. The number of aryl methyl sites for hydroxylation is 2. The van der Waals surface area contributed by atoms with Crippen molar-refractivity contribution in [2.24, 2.45) is 7.05 Å². The fourth-order valence-corrected chi connectivity index (χ4v) is 2.17. The van der Waals surface area contributed by atoms with Gasteiger partial charge in [0.05, 0.1) is 24.9 Å². The molecule has 0 amide bonds. The van der Waals surface area contributed by atoms with Gasteiger partial charge in [0.2, 0.25) is 11.8 Å². The molecule has 7 heteroatoms. The van der Waals surface area contributed by atoms with Crippen LogP contribution in [0, 0.1) is 0 Å². The summed E-state index contributed by atoms with van der Waals surface area (Å²) < 4.78 is 7.18. The molecule has 2 aromatic heterocycles. The standard InChI is InChI=1S/C14H22N6O/c1-6-11-10(13(21-5)20(4)18-11)9-16-14-15-8-7-12(17-14)19(2)3/h7-8H,6,9H2,1-5H3,(H,15,16,17). The molecule has 0 radical (unpaired) electrons. The number of hydrogen-bond acceptors (Lipinski definition) is 6. The monoisotopic (exact) mass is 290 g/mol. The number of hydrogen-bond donors (Lipinski definition) is 1. The molecule has 0 saturated carbocycles. The minimum atomic E-state index is 0.580. The van der Waals surface area contributed by atoms with Gasteiger partial charge >= 0.3 is 0 Å². The summed E-state index contributed by atoms with van der Waals surface area (Å²) in [6, 6.07) is 1.87.